The van der Waals surface area contributed by atoms with Crippen molar-refractivity contribution in [2.24, 2.45) is 17.8 Å². The molecule has 0 amide bonds. The molecule has 1 spiro atoms. The van der Waals surface area contributed by atoms with Gasteiger partial charge >= 0.3 is 12.1 Å². The number of alkyl halides is 4. The second-order valence-corrected chi connectivity index (χ2v) is 13.2. The van der Waals surface area contributed by atoms with Gasteiger partial charge in [-0.1, -0.05) is 39.3 Å². The van der Waals surface area contributed by atoms with Gasteiger partial charge in [0, 0.05) is 10.4 Å². The van der Waals surface area contributed by atoms with Gasteiger partial charge in [0.15, 0.2) is 11.7 Å². The SMILES string of the molecule is CCc1ccc(C2(OCC(F)(F)F)OOC23C(CC)CC2(Cl)CC(C)CC3C2)cc1OC1OC(C(=O)O)C(O)C(O)C1O. The average molecular weight is 639 g/mol. The van der Waals surface area contributed by atoms with E-state index in [1.54, 1.807) is 19.1 Å². The van der Waals surface area contributed by atoms with Crippen molar-refractivity contribution >= 4 is 17.6 Å². The fourth-order valence-electron chi connectivity index (χ4n) is 7.67. The van der Waals surface area contributed by atoms with Crippen LogP contribution in [0.15, 0.2) is 18.2 Å². The quantitative estimate of drug-likeness (QED) is 0.245. The Hall–Kier alpha value is -1.71. The lowest BCUT2D eigenvalue weighted by atomic mass is 9.53. The van der Waals surface area contributed by atoms with Crippen LogP contribution < -0.4 is 4.74 Å². The van der Waals surface area contributed by atoms with Gasteiger partial charge in [0.05, 0.1) is 0 Å². The highest BCUT2D eigenvalue weighted by atomic mass is 35.5. The van der Waals surface area contributed by atoms with Crippen LogP contribution in [0.4, 0.5) is 13.2 Å². The van der Waals surface area contributed by atoms with Crippen molar-refractivity contribution in [3.05, 3.63) is 29.3 Å². The van der Waals surface area contributed by atoms with Crippen LogP contribution in [0.2, 0.25) is 0 Å². The third-order valence-corrected chi connectivity index (χ3v) is 9.93. The average Bonchev–Trinajstić information content (AvgIpc) is 2.91. The number of aryl methyl sites for hydroxylation is 1. The summed E-state index contributed by atoms with van der Waals surface area (Å²) in [5.74, 6) is -3.97. The molecule has 242 valence electrons. The van der Waals surface area contributed by atoms with Crippen molar-refractivity contribution in [1.29, 1.82) is 0 Å². The number of carboxylic acids is 1. The molecule has 1 aromatic carbocycles. The van der Waals surface area contributed by atoms with Crippen LogP contribution in [-0.4, -0.2) is 80.4 Å². The number of ether oxygens (including phenoxy) is 3. The van der Waals surface area contributed by atoms with Gasteiger partial charge in [0.1, 0.15) is 30.7 Å². The summed E-state index contributed by atoms with van der Waals surface area (Å²) in [6.07, 6.45) is -10.7. The van der Waals surface area contributed by atoms with Crippen molar-refractivity contribution in [1.82, 2.24) is 0 Å². The minimum atomic E-state index is -4.69. The molecule has 0 aromatic heterocycles. The first-order valence-electron chi connectivity index (χ1n) is 14.6. The van der Waals surface area contributed by atoms with E-state index in [2.05, 4.69) is 0 Å². The molecule has 4 aliphatic rings. The Bertz CT molecular complexity index is 1200. The molecule has 4 N–H and O–H groups in total. The molecule has 2 bridgehead atoms. The lowest BCUT2D eigenvalue weighted by Gasteiger charge is -2.66. The number of aliphatic hydroxyl groups excluding tert-OH is 3. The predicted octanol–water partition coefficient (Wildman–Crippen LogP) is 3.80. The van der Waals surface area contributed by atoms with E-state index in [1.807, 2.05) is 13.8 Å². The van der Waals surface area contributed by atoms with Crippen molar-refractivity contribution < 1.29 is 62.4 Å². The first-order chi connectivity index (χ1) is 20.1. The summed E-state index contributed by atoms with van der Waals surface area (Å²) in [5.41, 5.74) is -0.607. The number of aliphatic carboxylic acids is 1. The molecular formula is C29H38ClF3O10. The summed E-state index contributed by atoms with van der Waals surface area (Å²) in [7, 11) is 0. The highest BCUT2D eigenvalue weighted by molar-refractivity contribution is 6.24. The first-order valence-corrected chi connectivity index (χ1v) is 15.0. The van der Waals surface area contributed by atoms with Gasteiger partial charge in [-0.15, -0.1) is 11.6 Å². The first kappa shape index (κ1) is 32.7. The van der Waals surface area contributed by atoms with Crippen LogP contribution >= 0.6 is 11.6 Å². The van der Waals surface area contributed by atoms with E-state index in [1.165, 1.54) is 6.07 Å². The molecule has 5 rings (SSSR count). The monoisotopic (exact) mass is 638 g/mol. The molecule has 10 nitrogen and oxygen atoms in total. The Balaban J connectivity index is 1.58. The zero-order valence-corrected chi connectivity index (χ0v) is 24.8. The molecule has 2 heterocycles. The van der Waals surface area contributed by atoms with Crippen LogP contribution in [0.3, 0.4) is 0 Å². The number of aliphatic hydroxyl groups is 3. The molecule has 2 aliphatic heterocycles. The minimum absolute atomic E-state index is 0.0324. The smallest absolute Gasteiger partial charge is 0.411 e. The molecule has 4 fully saturated rings. The maximum atomic E-state index is 13.7. The number of hydrogen-bond acceptors (Lipinski definition) is 9. The molecule has 1 aromatic rings. The van der Waals surface area contributed by atoms with Gasteiger partial charge in [-0.25, -0.2) is 9.68 Å². The molecule has 43 heavy (non-hydrogen) atoms. The van der Waals surface area contributed by atoms with Gasteiger partial charge in [0.2, 0.25) is 6.29 Å². The fraction of sp³-hybridized carbons (Fsp3) is 0.759. The fourth-order valence-corrected chi connectivity index (χ4v) is 8.31. The Morgan fingerprint density at radius 1 is 1.09 bits per heavy atom. The van der Waals surface area contributed by atoms with E-state index in [4.69, 9.17) is 35.6 Å². The topological polar surface area (TPSA) is 144 Å². The van der Waals surface area contributed by atoms with E-state index in [-0.39, 0.29) is 29.1 Å². The molecule has 2 aliphatic carbocycles. The van der Waals surface area contributed by atoms with Gasteiger partial charge in [-0.05, 0) is 61.5 Å². The second-order valence-electron chi connectivity index (χ2n) is 12.4. The second kappa shape index (κ2) is 11.6. The van der Waals surface area contributed by atoms with E-state index in [0.717, 1.165) is 6.42 Å². The Kier molecular flexibility index (Phi) is 8.80. The van der Waals surface area contributed by atoms with Gasteiger partial charge in [0.25, 0.3) is 5.79 Å². The van der Waals surface area contributed by atoms with Crippen molar-refractivity contribution in [3.8, 4) is 5.75 Å². The van der Waals surface area contributed by atoms with Crippen LogP contribution in [-0.2, 0) is 36.3 Å². The standard InChI is InChI=1S/C29H38ClF3O10/c1-4-15-6-7-17(9-19(15)40-25-22(36)20(34)21(35)23(41-25)24(37)38)29(39-13-27(31,32)33)28(42-43-29)16(5-2)11-26(30)10-14(3)8-18(28)12-26/h6-7,9,14,16,18,20-23,25,34-36H,4-5,8,10-13H2,1-3H3,(H,37,38). The maximum Gasteiger partial charge on any atom is 0.411 e. The van der Waals surface area contributed by atoms with Crippen LogP contribution in [0, 0.1) is 17.8 Å². The highest BCUT2D eigenvalue weighted by Crippen LogP contribution is 2.67. The van der Waals surface area contributed by atoms with Crippen molar-refractivity contribution in [3.63, 3.8) is 0 Å². The van der Waals surface area contributed by atoms with Crippen LogP contribution in [0.5, 0.6) is 5.75 Å². The summed E-state index contributed by atoms with van der Waals surface area (Å²) in [6.45, 7) is 4.14. The number of carbonyl (C=O) groups is 1. The van der Waals surface area contributed by atoms with Gasteiger partial charge in [-0.2, -0.15) is 18.1 Å². The number of benzene rings is 1. The Morgan fingerprint density at radius 2 is 1.81 bits per heavy atom. The highest BCUT2D eigenvalue weighted by Gasteiger charge is 2.76. The van der Waals surface area contributed by atoms with Gasteiger partial charge < -0.3 is 34.6 Å². The largest absolute Gasteiger partial charge is 0.479 e. The molecule has 0 radical (unpaired) electrons. The Morgan fingerprint density at radius 3 is 2.40 bits per heavy atom. The third-order valence-electron chi connectivity index (χ3n) is 9.47. The van der Waals surface area contributed by atoms with Crippen LogP contribution in [0.25, 0.3) is 0 Å². The third kappa shape index (κ3) is 5.54. The molecule has 2 saturated carbocycles. The van der Waals surface area contributed by atoms with E-state index >= 15 is 0 Å². The summed E-state index contributed by atoms with van der Waals surface area (Å²) in [5, 5.41) is 40.3. The number of rotatable bonds is 8. The summed E-state index contributed by atoms with van der Waals surface area (Å²) in [6, 6.07) is 4.59. The zero-order valence-electron chi connectivity index (χ0n) is 24.1. The maximum absolute atomic E-state index is 13.7. The predicted molar refractivity (Wildman–Crippen MR) is 143 cm³/mol. The molecule has 14 heteroatoms. The number of fused-ring (bicyclic) bond motifs is 3. The number of carboxylic acid groups (broad SMARTS) is 1. The van der Waals surface area contributed by atoms with E-state index in [0.29, 0.717) is 37.7 Å². The summed E-state index contributed by atoms with van der Waals surface area (Å²) >= 11 is 7.06. The summed E-state index contributed by atoms with van der Waals surface area (Å²) in [4.78, 5) is 22.7. The van der Waals surface area contributed by atoms with Gasteiger partial charge in [-0.3, -0.25) is 0 Å². The Labute approximate surface area is 251 Å². The van der Waals surface area contributed by atoms with E-state index < -0.39 is 65.7 Å². The number of halogens is 4. The van der Waals surface area contributed by atoms with Crippen molar-refractivity contribution in [2.45, 2.75) is 112 Å². The molecule has 11 unspecified atom stereocenters. The van der Waals surface area contributed by atoms with E-state index in [9.17, 15) is 38.4 Å². The van der Waals surface area contributed by atoms with Crippen molar-refractivity contribution in [2.75, 3.05) is 6.61 Å². The lowest BCUT2D eigenvalue weighted by molar-refractivity contribution is -0.646. The zero-order chi connectivity index (χ0) is 31.5. The summed E-state index contributed by atoms with van der Waals surface area (Å²) < 4.78 is 58.0. The molecule has 2 saturated heterocycles. The minimum Gasteiger partial charge on any atom is -0.479 e. The number of hydrogen-bond donors (Lipinski definition) is 4. The lowest BCUT2D eigenvalue weighted by Crippen LogP contribution is -2.76. The molecular weight excluding hydrogens is 601 g/mol. The van der Waals surface area contributed by atoms with Crippen LogP contribution in [0.1, 0.15) is 64.0 Å². The molecule has 11 atom stereocenters. The normalized spacial score (nSPS) is 42.8.